The minimum absolute atomic E-state index is 0.158. The van der Waals surface area contributed by atoms with Crippen LogP contribution in [0.5, 0.6) is 0 Å². The van der Waals surface area contributed by atoms with Crippen LogP contribution in [0.4, 0.5) is 0 Å². The fraction of sp³-hybridized carbons (Fsp3) is 0.286. The molecule has 0 aliphatic carbocycles. The monoisotopic (exact) mass is 739 g/mol. The number of hydrogen-bond donors (Lipinski definition) is 2. The predicted molar refractivity (Wildman–Crippen MR) is 214 cm³/mol. The Balaban J connectivity index is 0.000000127. The van der Waals surface area contributed by atoms with Crippen molar-refractivity contribution in [2.75, 3.05) is 0 Å². The lowest BCUT2D eigenvalue weighted by Gasteiger charge is -2.19. The third-order valence-electron chi connectivity index (χ3n) is 9.09. The molecular formula is C42H41N7O6. The number of nitrogens with one attached hydrogen (secondary N) is 2. The van der Waals surface area contributed by atoms with Crippen LogP contribution < -0.4 is 17.3 Å². The Kier molecular flexibility index (Phi) is 8.99. The van der Waals surface area contributed by atoms with Crippen molar-refractivity contribution in [2.45, 2.75) is 78.6 Å². The number of H-pyrrole nitrogens is 2. The Morgan fingerprint density at radius 3 is 1.75 bits per heavy atom. The Labute approximate surface area is 313 Å². The summed E-state index contributed by atoms with van der Waals surface area (Å²) in [6.07, 6.45) is 4.91. The van der Waals surface area contributed by atoms with Gasteiger partial charge in [0.1, 0.15) is 17.4 Å². The molecule has 13 nitrogen and oxygen atoms in total. The van der Waals surface area contributed by atoms with Crippen molar-refractivity contribution >= 4 is 65.7 Å². The number of nitrogens with zero attached hydrogens (tertiary/aromatic N) is 5. The molecule has 6 aromatic heterocycles. The molecule has 280 valence electrons. The van der Waals surface area contributed by atoms with E-state index in [-0.39, 0.29) is 16.2 Å². The Morgan fingerprint density at radius 1 is 0.509 bits per heavy atom. The van der Waals surface area contributed by atoms with Gasteiger partial charge in [0, 0.05) is 67.0 Å². The highest BCUT2D eigenvalue weighted by molar-refractivity contribution is 6.04. The van der Waals surface area contributed by atoms with Crippen LogP contribution in [-0.2, 0) is 16.2 Å². The molecule has 0 atom stereocenters. The van der Waals surface area contributed by atoms with E-state index in [0.717, 1.165) is 60.6 Å². The van der Waals surface area contributed by atoms with Crippen molar-refractivity contribution in [1.82, 2.24) is 34.9 Å². The standard InChI is InChI=1S/C15H14N2O2.C14H14N2O2.C13H13N3O2/c1-15(2,3)13-10-6-7-11-9(5-4-8-16-11)12(10)19-14(18)17-13;1-14(2,3)12-9-5-4-8-6-7-15-10(8)11(9)18-13(17)16-12;1-13(2,3)11-7-4-5-8-9(15-6-14-8)10(7)18-12(17)16-11/h4-8H,1-3H3;4-7H,1-3H3,(H,16,17);4-6H,1-3H3,(H,16,17). The van der Waals surface area contributed by atoms with Crippen LogP contribution >= 0.6 is 0 Å². The highest BCUT2D eigenvalue weighted by Crippen LogP contribution is 2.33. The average Bonchev–Trinajstić information content (AvgIpc) is 3.81. The molecule has 0 spiro atoms. The summed E-state index contributed by atoms with van der Waals surface area (Å²) in [5, 5.41) is 4.47. The van der Waals surface area contributed by atoms with E-state index < -0.39 is 17.3 Å². The Bertz CT molecular complexity index is 2940. The Hall–Kier alpha value is -6.50. The van der Waals surface area contributed by atoms with Crippen molar-refractivity contribution in [2.24, 2.45) is 0 Å². The van der Waals surface area contributed by atoms with Crippen LogP contribution in [0.3, 0.4) is 0 Å². The summed E-state index contributed by atoms with van der Waals surface area (Å²) in [7, 11) is 0. The number of aromatic amines is 2. The normalized spacial score (nSPS) is 12.3. The van der Waals surface area contributed by atoms with Crippen molar-refractivity contribution in [3.8, 4) is 0 Å². The maximum Gasteiger partial charge on any atom is 0.439 e. The fourth-order valence-electron chi connectivity index (χ4n) is 6.60. The van der Waals surface area contributed by atoms with Gasteiger partial charge in [-0.25, -0.2) is 24.4 Å². The molecule has 2 N–H and O–H groups in total. The second-order valence-electron chi connectivity index (χ2n) is 16.4. The highest BCUT2D eigenvalue weighted by atomic mass is 16.4. The first-order valence-corrected chi connectivity index (χ1v) is 17.8. The molecule has 3 aromatic carbocycles. The van der Waals surface area contributed by atoms with Crippen molar-refractivity contribution in [3.05, 3.63) is 122 Å². The first-order chi connectivity index (χ1) is 25.9. The minimum Gasteiger partial charge on any atom is -0.407 e. The van der Waals surface area contributed by atoms with Gasteiger partial charge in [-0.2, -0.15) is 4.98 Å². The van der Waals surface area contributed by atoms with Crippen LogP contribution in [0.15, 0.2) is 101 Å². The molecule has 0 saturated carbocycles. The first-order valence-electron chi connectivity index (χ1n) is 17.8. The van der Waals surface area contributed by atoms with Crippen molar-refractivity contribution < 1.29 is 13.3 Å². The second kappa shape index (κ2) is 13.4. The maximum atomic E-state index is 11.7. The lowest BCUT2D eigenvalue weighted by atomic mass is 9.89. The van der Waals surface area contributed by atoms with Gasteiger partial charge in [0.25, 0.3) is 0 Å². The third kappa shape index (κ3) is 7.12. The summed E-state index contributed by atoms with van der Waals surface area (Å²) >= 11 is 0. The zero-order chi connectivity index (χ0) is 39.4. The summed E-state index contributed by atoms with van der Waals surface area (Å²) < 4.78 is 15.9. The highest BCUT2D eigenvalue weighted by Gasteiger charge is 2.23. The first kappa shape index (κ1) is 36.8. The van der Waals surface area contributed by atoms with Crippen LogP contribution in [0.2, 0.25) is 0 Å². The van der Waals surface area contributed by atoms with Gasteiger partial charge in [0.05, 0.1) is 16.7 Å². The summed E-state index contributed by atoms with van der Waals surface area (Å²) in [5.41, 5.74) is 6.46. The van der Waals surface area contributed by atoms with Crippen LogP contribution in [0.1, 0.15) is 79.4 Å². The van der Waals surface area contributed by atoms with Crippen molar-refractivity contribution in [3.63, 3.8) is 0 Å². The van der Waals surface area contributed by atoms with Gasteiger partial charge in [0.2, 0.25) is 0 Å². The molecule has 0 fully saturated rings. The molecular weight excluding hydrogens is 699 g/mol. The summed E-state index contributed by atoms with van der Waals surface area (Å²) in [4.78, 5) is 61.4. The largest absolute Gasteiger partial charge is 0.439 e. The molecule has 0 aliphatic heterocycles. The molecule has 0 bridgehead atoms. The predicted octanol–water partition coefficient (Wildman–Crippen LogP) is 8.36. The number of fused-ring (bicyclic) bond motifs is 9. The smallest absolute Gasteiger partial charge is 0.407 e. The molecule has 0 aliphatic rings. The molecule has 13 heteroatoms. The van der Waals surface area contributed by atoms with E-state index in [1.807, 2.05) is 96.1 Å². The summed E-state index contributed by atoms with van der Waals surface area (Å²) in [5.74, 6) is -1.47. The molecule has 9 rings (SSSR count). The molecule has 9 aromatic rings. The number of aromatic nitrogens is 7. The minimum atomic E-state index is -0.561. The zero-order valence-corrected chi connectivity index (χ0v) is 32.1. The molecule has 6 heterocycles. The van der Waals surface area contributed by atoms with E-state index in [1.54, 1.807) is 12.4 Å². The summed E-state index contributed by atoms with van der Waals surface area (Å²) in [6.45, 7) is 18.4. The van der Waals surface area contributed by atoms with E-state index in [4.69, 9.17) is 13.3 Å². The van der Waals surface area contributed by atoms with Gasteiger partial charge >= 0.3 is 17.3 Å². The van der Waals surface area contributed by atoms with E-state index in [2.05, 4.69) is 55.7 Å². The number of imidazole rings is 1. The van der Waals surface area contributed by atoms with Gasteiger partial charge in [-0.3, -0.25) is 19.9 Å². The molecule has 0 amide bonds. The topological polar surface area (TPSA) is 187 Å². The molecule has 55 heavy (non-hydrogen) atoms. The lowest BCUT2D eigenvalue weighted by Crippen LogP contribution is -2.19. The van der Waals surface area contributed by atoms with Gasteiger partial charge in [-0.05, 0) is 48.5 Å². The lowest BCUT2D eigenvalue weighted by molar-refractivity contribution is 0.499. The van der Waals surface area contributed by atoms with Gasteiger partial charge in [0.15, 0.2) is 16.7 Å². The number of pyridine rings is 1. The van der Waals surface area contributed by atoms with E-state index in [0.29, 0.717) is 22.3 Å². The van der Waals surface area contributed by atoms with Crippen molar-refractivity contribution in [1.29, 1.82) is 0 Å². The molecule has 0 saturated heterocycles. The number of hydrogen-bond acceptors (Lipinski definition) is 11. The van der Waals surface area contributed by atoms with Crippen LogP contribution in [0.25, 0.3) is 65.7 Å². The van der Waals surface area contributed by atoms with Crippen LogP contribution in [-0.4, -0.2) is 34.9 Å². The Morgan fingerprint density at radius 2 is 1.11 bits per heavy atom. The zero-order valence-electron chi connectivity index (χ0n) is 32.1. The van der Waals surface area contributed by atoms with E-state index >= 15 is 0 Å². The van der Waals surface area contributed by atoms with Gasteiger partial charge in [-0.1, -0.05) is 68.4 Å². The van der Waals surface area contributed by atoms with E-state index in [9.17, 15) is 14.4 Å². The number of rotatable bonds is 0. The number of benzene rings is 3. The van der Waals surface area contributed by atoms with Gasteiger partial charge < -0.3 is 13.3 Å². The SMILES string of the molecule is CC(C)(C)c1[nH]c(=O)oc2c1ccc1ccnc12.CC(C)(C)c1[nH]c(=O)oc2c1ccc1ncnc12.CC(C)(C)c1nc(=O)oc2c1ccc1ncccc12. The fourth-order valence-corrected chi connectivity index (χ4v) is 6.60. The molecule has 0 radical (unpaired) electrons. The molecule has 0 unspecified atom stereocenters. The van der Waals surface area contributed by atoms with Gasteiger partial charge in [-0.15, -0.1) is 0 Å². The van der Waals surface area contributed by atoms with E-state index in [1.165, 1.54) is 6.33 Å². The average molecular weight is 740 g/mol. The second-order valence-corrected chi connectivity index (χ2v) is 16.4. The third-order valence-corrected chi connectivity index (χ3v) is 9.09. The summed E-state index contributed by atoms with van der Waals surface area (Å²) in [6, 6.07) is 17.2. The quantitative estimate of drug-likeness (QED) is 0.142. The van der Waals surface area contributed by atoms with Crippen LogP contribution in [0, 0.1) is 0 Å². The maximum absolute atomic E-state index is 11.7.